The summed E-state index contributed by atoms with van der Waals surface area (Å²) in [6, 6.07) is 0. The van der Waals surface area contributed by atoms with Crippen LogP contribution in [0.15, 0.2) is 72.9 Å². The van der Waals surface area contributed by atoms with E-state index in [2.05, 4.69) is 93.7 Å². The maximum Gasteiger partial charge on any atom is 0.306 e. The molecule has 0 amide bonds. The molecule has 1 atom stereocenters. The molecular formula is C57H98O6. The monoisotopic (exact) mass is 879 g/mol. The minimum atomic E-state index is -0.815. The van der Waals surface area contributed by atoms with Crippen LogP contribution in [0, 0.1) is 0 Å². The van der Waals surface area contributed by atoms with Gasteiger partial charge in [-0.1, -0.05) is 203 Å². The Kier molecular flexibility index (Phi) is 48.9. The Labute approximate surface area is 389 Å². The Bertz CT molecular complexity index is 1190. The molecule has 0 aliphatic rings. The molecule has 63 heavy (non-hydrogen) atoms. The van der Waals surface area contributed by atoms with Crippen molar-refractivity contribution in [2.45, 2.75) is 258 Å². The van der Waals surface area contributed by atoms with Gasteiger partial charge in [-0.3, -0.25) is 14.4 Å². The predicted molar refractivity (Wildman–Crippen MR) is 270 cm³/mol. The van der Waals surface area contributed by atoms with Crippen LogP contribution in [0.5, 0.6) is 0 Å². The minimum absolute atomic E-state index is 0.108. The molecule has 0 N–H and O–H groups in total. The Balaban J connectivity index is 4.41. The lowest BCUT2D eigenvalue weighted by atomic mass is 10.1. The maximum absolute atomic E-state index is 12.8. The van der Waals surface area contributed by atoms with Crippen molar-refractivity contribution in [2.75, 3.05) is 13.2 Å². The van der Waals surface area contributed by atoms with E-state index < -0.39 is 6.10 Å². The van der Waals surface area contributed by atoms with Gasteiger partial charge in [0.05, 0.1) is 0 Å². The van der Waals surface area contributed by atoms with Gasteiger partial charge in [-0.25, -0.2) is 0 Å². The van der Waals surface area contributed by atoms with Crippen LogP contribution in [-0.2, 0) is 28.6 Å². The van der Waals surface area contributed by atoms with E-state index in [1.54, 1.807) is 0 Å². The van der Waals surface area contributed by atoms with Gasteiger partial charge in [0.25, 0.3) is 0 Å². The van der Waals surface area contributed by atoms with Crippen LogP contribution < -0.4 is 0 Å². The van der Waals surface area contributed by atoms with Crippen molar-refractivity contribution in [1.82, 2.24) is 0 Å². The SMILES string of the molecule is CCCCC/C=C\C/C=C\C/C=C\C/C=C\CCCC(=O)OC(COC(=O)CCC/C=C\CCCCCC)COC(=O)CCCCCCCCC/C=C\CCCCCCCCCC. The number of esters is 3. The molecule has 362 valence electrons. The van der Waals surface area contributed by atoms with E-state index in [0.29, 0.717) is 25.7 Å². The molecule has 0 radical (unpaired) electrons. The summed E-state index contributed by atoms with van der Waals surface area (Å²) in [6.45, 7) is 6.50. The Morgan fingerprint density at radius 3 is 1.02 bits per heavy atom. The summed E-state index contributed by atoms with van der Waals surface area (Å²) < 4.78 is 16.7. The summed E-state index contributed by atoms with van der Waals surface area (Å²) in [5.74, 6) is -1.00. The third kappa shape index (κ3) is 49.7. The molecule has 0 aromatic heterocycles. The van der Waals surface area contributed by atoms with Gasteiger partial charge in [-0.05, 0) is 103 Å². The number of hydrogen-bond acceptors (Lipinski definition) is 6. The molecule has 6 heteroatoms. The van der Waals surface area contributed by atoms with E-state index in [9.17, 15) is 14.4 Å². The molecule has 0 fully saturated rings. The zero-order valence-corrected chi connectivity index (χ0v) is 41.3. The maximum atomic E-state index is 12.8. The van der Waals surface area contributed by atoms with E-state index in [1.165, 1.54) is 141 Å². The number of allylic oxidation sites excluding steroid dienone is 12. The number of ether oxygens (including phenoxy) is 3. The normalized spacial score (nSPS) is 12.6. The quantitative estimate of drug-likeness (QED) is 0.0262. The van der Waals surface area contributed by atoms with Crippen molar-refractivity contribution in [3.05, 3.63) is 72.9 Å². The Morgan fingerprint density at radius 2 is 0.587 bits per heavy atom. The van der Waals surface area contributed by atoms with Crippen LogP contribution in [0.25, 0.3) is 0 Å². The number of carbonyl (C=O) groups is 3. The second-order valence-corrected chi connectivity index (χ2v) is 17.4. The largest absolute Gasteiger partial charge is 0.462 e. The second-order valence-electron chi connectivity index (χ2n) is 17.4. The molecule has 0 aromatic carbocycles. The van der Waals surface area contributed by atoms with Crippen LogP contribution in [0.4, 0.5) is 0 Å². The van der Waals surface area contributed by atoms with Gasteiger partial charge in [0.1, 0.15) is 13.2 Å². The third-order valence-electron chi connectivity index (χ3n) is 11.2. The fourth-order valence-corrected chi connectivity index (χ4v) is 7.14. The van der Waals surface area contributed by atoms with Gasteiger partial charge < -0.3 is 14.2 Å². The predicted octanol–water partition coefficient (Wildman–Crippen LogP) is 17.4. The minimum Gasteiger partial charge on any atom is -0.462 e. The Hall–Kier alpha value is -3.15. The van der Waals surface area contributed by atoms with Crippen molar-refractivity contribution in [3.8, 4) is 0 Å². The lowest BCUT2D eigenvalue weighted by Crippen LogP contribution is -2.30. The molecule has 0 rings (SSSR count). The lowest BCUT2D eigenvalue weighted by molar-refractivity contribution is -0.167. The summed E-state index contributed by atoms with van der Waals surface area (Å²) in [5, 5.41) is 0. The fourth-order valence-electron chi connectivity index (χ4n) is 7.14. The van der Waals surface area contributed by atoms with Crippen molar-refractivity contribution in [1.29, 1.82) is 0 Å². The van der Waals surface area contributed by atoms with E-state index in [-0.39, 0.29) is 37.5 Å². The summed E-state index contributed by atoms with van der Waals surface area (Å²) in [4.78, 5) is 37.9. The first-order valence-corrected chi connectivity index (χ1v) is 26.4. The topological polar surface area (TPSA) is 78.9 Å². The summed E-state index contributed by atoms with van der Waals surface area (Å²) in [7, 11) is 0. The number of rotatable bonds is 47. The van der Waals surface area contributed by atoms with Gasteiger partial charge in [0.15, 0.2) is 6.10 Å². The molecule has 6 nitrogen and oxygen atoms in total. The van der Waals surface area contributed by atoms with Crippen molar-refractivity contribution < 1.29 is 28.6 Å². The zero-order valence-electron chi connectivity index (χ0n) is 41.3. The zero-order chi connectivity index (χ0) is 45.8. The van der Waals surface area contributed by atoms with Crippen LogP contribution in [-0.4, -0.2) is 37.2 Å². The molecule has 0 aliphatic heterocycles. The number of carbonyl (C=O) groups excluding carboxylic acids is 3. The van der Waals surface area contributed by atoms with E-state index in [1.807, 2.05) is 0 Å². The highest BCUT2D eigenvalue weighted by Gasteiger charge is 2.19. The third-order valence-corrected chi connectivity index (χ3v) is 11.2. The fraction of sp³-hybridized carbons (Fsp3) is 0.737. The van der Waals surface area contributed by atoms with E-state index in [4.69, 9.17) is 14.2 Å². The first-order valence-electron chi connectivity index (χ1n) is 26.4. The first kappa shape index (κ1) is 59.9. The first-order chi connectivity index (χ1) is 31.0. The summed E-state index contributed by atoms with van der Waals surface area (Å²) in [5.41, 5.74) is 0. The molecule has 0 spiro atoms. The highest BCUT2D eigenvalue weighted by Crippen LogP contribution is 2.14. The van der Waals surface area contributed by atoms with Crippen molar-refractivity contribution in [3.63, 3.8) is 0 Å². The molecule has 0 aromatic rings. The average Bonchev–Trinajstić information content (AvgIpc) is 3.28. The van der Waals surface area contributed by atoms with Crippen LogP contribution in [0.3, 0.4) is 0 Å². The molecule has 0 bridgehead atoms. The molecule has 0 saturated heterocycles. The molecule has 0 saturated carbocycles. The van der Waals surface area contributed by atoms with Gasteiger partial charge in [-0.2, -0.15) is 0 Å². The van der Waals surface area contributed by atoms with E-state index >= 15 is 0 Å². The van der Waals surface area contributed by atoms with Crippen LogP contribution >= 0.6 is 0 Å². The van der Waals surface area contributed by atoms with Gasteiger partial charge >= 0.3 is 17.9 Å². The summed E-state index contributed by atoms with van der Waals surface area (Å²) >= 11 is 0. The lowest BCUT2D eigenvalue weighted by Gasteiger charge is -2.18. The smallest absolute Gasteiger partial charge is 0.306 e. The Morgan fingerprint density at radius 1 is 0.317 bits per heavy atom. The van der Waals surface area contributed by atoms with Gasteiger partial charge in [0, 0.05) is 19.3 Å². The molecule has 1 unspecified atom stereocenters. The van der Waals surface area contributed by atoms with Crippen molar-refractivity contribution in [2.24, 2.45) is 0 Å². The van der Waals surface area contributed by atoms with Crippen LogP contribution in [0.1, 0.15) is 252 Å². The summed E-state index contributed by atoms with van der Waals surface area (Å²) in [6.07, 6.45) is 64.8. The highest BCUT2D eigenvalue weighted by molar-refractivity contribution is 5.71. The second kappa shape index (κ2) is 51.5. The number of hydrogen-bond donors (Lipinski definition) is 0. The standard InChI is InChI=1S/C57H98O6/c1-4-7-10-13-16-19-21-23-25-27-28-30-31-33-35-38-41-44-47-50-56(59)62-53-54(52-61-55(58)49-46-43-40-37-18-15-12-9-6-3)63-57(60)51-48-45-42-39-36-34-32-29-26-24-22-20-17-14-11-8-5-2/h17,20,24,26-28,32,34,37,39-40,42,54H,4-16,18-19,21-23,25,29-31,33,35-36,38,41,43-53H2,1-3H3/b20-17-,26-24-,28-27-,34-32-,40-37-,42-39-. The van der Waals surface area contributed by atoms with E-state index in [0.717, 1.165) is 57.8 Å². The van der Waals surface area contributed by atoms with Crippen LogP contribution in [0.2, 0.25) is 0 Å². The van der Waals surface area contributed by atoms with Gasteiger partial charge in [-0.15, -0.1) is 0 Å². The number of unbranched alkanes of at least 4 members (excludes halogenated alkanes) is 24. The highest BCUT2D eigenvalue weighted by atomic mass is 16.6. The van der Waals surface area contributed by atoms with Gasteiger partial charge in [0.2, 0.25) is 0 Å². The molecular weight excluding hydrogens is 781 g/mol. The molecule has 0 aliphatic carbocycles. The molecule has 0 heterocycles. The average molecular weight is 879 g/mol. The van der Waals surface area contributed by atoms with Crippen molar-refractivity contribution >= 4 is 17.9 Å².